The van der Waals surface area contributed by atoms with Crippen molar-refractivity contribution < 1.29 is 19.1 Å². The van der Waals surface area contributed by atoms with Crippen molar-refractivity contribution in [1.29, 1.82) is 0 Å². The van der Waals surface area contributed by atoms with Crippen LogP contribution in [-0.2, 0) is 6.42 Å². The van der Waals surface area contributed by atoms with E-state index in [1.807, 2.05) is 30.3 Å². The molecule has 0 saturated heterocycles. The third-order valence-electron chi connectivity index (χ3n) is 4.61. The van der Waals surface area contributed by atoms with E-state index in [4.69, 9.17) is 9.47 Å². The van der Waals surface area contributed by atoms with Gasteiger partial charge in [0.1, 0.15) is 0 Å². The number of ether oxygens (including phenoxy) is 2. The van der Waals surface area contributed by atoms with Crippen LogP contribution < -0.4 is 20.1 Å². The normalized spacial score (nSPS) is 10.2. The van der Waals surface area contributed by atoms with E-state index >= 15 is 0 Å². The lowest BCUT2D eigenvalue weighted by Gasteiger charge is -2.13. The van der Waals surface area contributed by atoms with Crippen molar-refractivity contribution in [3.05, 3.63) is 89.5 Å². The minimum Gasteiger partial charge on any atom is -0.493 e. The van der Waals surface area contributed by atoms with E-state index in [0.29, 0.717) is 34.9 Å². The van der Waals surface area contributed by atoms with Gasteiger partial charge in [0.2, 0.25) is 0 Å². The fourth-order valence-electron chi connectivity index (χ4n) is 3.02. The summed E-state index contributed by atoms with van der Waals surface area (Å²) >= 11 is 0. The highest BCUT2D eigenvalue weighted by molar-refractivity contribution is 6.09. The Bertz CT molecular complexity index is 1020. The van der Waals surface area contributed by atoms with Crippen LogP contribution in [0.5, 0.6) is 11.5 Å². The molecule has 0 saturated carbocycles. The second-order valence-electron chi connectivity index (χ2n) is 6.56. The van der Waals surface area contributed by atoms with E-state index in [-0.39, 0.29) is 11.8 Å². The van der Waals surface area contributed by atoms with Crippen molar-refractivity contribution in [3.8, 4) is 11.5 Å². The number of amides is 2. The first-order valence-electron chi connectivity index (χ1n) is 9.57. The fraction of sp³-hybridized carbons (Fsp3) is 0.167. The number of nitrogens with one attached hydrogen (secondary N) is 2. The van der Waals surface area contributed by atoms with Crippen LogP contribution in [0.1, 0.15) is 26.3 Å². The van der Waals surface area contributed by atoms with Crippen molar-refractivity contribution in [2.75, 3.05) is 26.1 Å². The summed E-state index contributed by atoms with van der Waals surface area (Å²) in [5.74, 6) is 0.402. The average molecular weight is 404 g/mol. The Morgan fingerprint density at radius 2 is 1.50 bits per heavy atom. The van der Waals surface area contributed by atoms with Gasteiger partial charge in [-0.2, -0.15) is 0 Å². The van der Waals surface area contributed by atoms with Gasteiger partial charge in [0, 0.05) is 12.1 Å². The quantitative estimate of drug-likeness (QED) is 0.596. The molecule has 3 rings (SSSR count). The van der Waals surface area contributed by atoms with Gasteiger partial charge in [-0.15, -0.1) is 0 Å². The van der Waals surface area contributed by atoms with Crippen LogP contribution in [0.2, 0.25) is 0 Å². The zero-order chi connectivity index (χ0) is 21.3. The third kappa shape index (κ3) is 5.17. The highest BCUT2D eigenvalue weighted by Gasteiger charge is 2.15. The number of benzene rings is 3. The Morgan fingerprint density at radius 3 is 2.23 bits per heavy atom. The van der Waals surface area contributed by atoms with Crippen LogP contribution in [0.3, 0.4) is 0 Å². The lowest BCUT2D eigenvalue weighted by molar-refractivity contribution is 0.0955. The fourth-order valence-corrected chi connectivity index (χ4v) is 3.02. The lowest BCUT2D eigenvalue weighted by Crippen LogP contribution is -2.27. The topological polar surface area (TPSA) is 76.7 Å². The number of carbonyl (C=O) groups is 2. The predicted molar refractivity (Wildman–Crippen MR) is 116 cm³/mol. The molecule has 30 heavy (non-hydrogen) atoms. The Hall–Kier alpha value is -3.80. The molecule has 154 valence electrons. The first-order valence-corrected chi connectivity index (χ1v) is 9.57. The van der Waals surface area contributed by atoms with Gasteiger partial charge in [0.15, 0.2) is 11.5 Å². The molecule has 0 spiro atoms. The number of carbonyl (C=O) groups excluding carboxylic acids is 2. The van der Waals surface area contributed by atoms with E-state index in [2.05, 4.69) is 10.6 Å². The van der Waals surface area contributed by atoms with Gasteiger partial charge in [0.05, 0.1) is 25.5 Å². The molecule has 0 aliphatic rings. The Balaban J connectivity index is 1.68. The maximum absolute atomic E-state index is 12.7. The predicted octanol–water partition coefficient (Wildman–Crippen LogP) is 3.93. The van der Waals surface area contributed by atoms with Crippen LogP contribution in [-0.4, -0.2) is 32.6 Å². The number of methoxy groups -OCH3 is 2. The summed E-state index contributed by atoms with van der Waals surface area (Å²) in [6, 6.07) is 21.7. The van der Waals surface area contributed by atoms with Crippen molar-refractivity contribution in [2.24, 2.45) is 0 Å². The molecule has 2 N–H and O–H groups in total. The van der Waals surface area contributed by atoms with Gasteiger partial charge in [-0.25, -0.2) is 0 Å². The Kier molecular flexibility index (Phi) is 7.05. The molecule has 0 aromatic heterocycles. The second-order valence-corrected chi connectivity index (χ2v) is 6.56. The molecule has 6 heteroatoms. The summed E-state index contributed by atoms with van der Waals surface area (Å²) in [6.45, 7) is 0.501. The van der Waals surface area contributed by atoms with E-state index in [9.17, 15) is 9.59 Å². The monoisotopic (exact) mass is 404 g/mol. The molecule has 3 aromatic carbocycles. The molecule has 6 nitrogen and oxygen atoms in total. The highest BCUT2D eigenvalue weighted by atomic mass is 16.5. The third-order valence-corrected chi connectivity index (χ3v) is 4.61. The molecule has 0 unspecified atom stereocenters. The SMILES string of the molecule is COc1ccc(C(=O)Nc2ccccc2C(=O)NCCc2ccccc2)cc1OC. The zero-order valence-electron chi connectivity index (χ0n) is 17.0. The highest BCUT2D eigenvalue weighted by Crippen LogP contribution is 2.28. The summed E-state index contributed by atoms with van der Waals surface area (Å²) in [4.78, 5) is 25.4. The summed E-state index contributed by atoms with van der Waals surface area (Å²) in [7, 11) is 3.04. The maximum Gasteiger partial charge on any atom is 0.255 e. The van der Waals surface area contributed by atoms with E-state index in [1.54, 1.807) is 42.5 Å². The Labute approximate surface area is 175 Å². The first kappa shape index (κ1) is 20.9. The molecule has 3 aromatic rings. The number of rotatable bonds is 8. The smallest absolute Gasteiger partial charge is 0.255 e. The average Bonchev–Trinajstić information content (AvgIpc) is 2.79. The van der Waals surface area contributed by atoms with Gasteiger partial charge in [-0.05, 0) is 42.3 Å². The van der Waals surface area contributed by atoms with Gasteiger partial charge < -0.3 is 20.1 Å². The lowest BCUT2D eigenvalue weighted by atomic mass is 10.1. The van der Waals surface area contributed by atoms with Crippen molar-refractivity contribution in [2.45, 2.75) is 6.42 Å². The molecule has 0 bridgehead atoms. The van der Waals surface area contributed by atoms with E-state index in [1.165, 1.54) is 14.2 Å². The van der Waals surface area contributed by atoms with E-state index < -0.39 is 0 Å². The molecule has 0 fully saturated rings. The summed E-state index contributed by atoms with van der Waals surface area (Å²) < 4.78 is 10.5. The number of hydrogen-bond acceptors (Lipinski definition) is 4. The van der Waals surface area contributed by atoms with Crippen LogP contribution >= 0.6 is 0 Å². The van der Waals surface area contributed by atoms with E-state index in [0.717, 1.165) is 12.0 Å². The number of anilines is 1. The first-order chi connectivity index (χ1) is 14.6. The molecule has 0 radical (unpaired) electrons. The van der Waals surface area contributed by atoms with Crippen molar-refractivity contribution in [1.82, 2.24) is 5.32 Å². The second kappa shape index (κ2) is 10.1. The minimum absolute atomic E-state index is 0.242. The van der Waals surface area contributed by atoms with Crippen LogP contribution in [0.15, 0.2) is 72.8 Å². The molecular weight excluding hydrogens is 380 g/mol. The van der Waals surface area contributed by atoms with Crippen LogP contribution in [0.25, 0.3) is 0 Å². The molecular formula is C24H24N2O4. The van der Waals surface area contributed by atoms with Crippen molar-refractivity contribution >= 4 is 17.5 Å². The maximum atomic E-state index is 12.7. The summed E-state index contributed by atoms with van der Waals surface area (Å²) in [5, 5.41) is 5.72. The van der Waals surface area contributed by atoms with Crippen LogP contribution in [0.4, 0.5) is 5.69 Å². The van der Waals surface area contributed by atoms with Crippen LogP contribution in [0, 0.1) is 0 Å². The zero-order valence-corrected chi connectivity index (χ0v) is 17.0. The number of para-hydroxylation sites is 1. The molecule has 0 heterocycles. The standard InChI is InChI=1S/C24H24N2O4/c1-29-21-13-12-18(16-22(21)30-2)23(27)26-20-11-7-6-10-19(20)24(28)25-15-14-17-8-4-3-5-9-17/h3-13,16H,14-15H2,1-2H3,(H,25,28)(H,26,27). The van der Waals surface area contributed by atoms with Gasteiger partial charge in [-0.3, -0.25) is 9.59 Å². The van der Waals surface area contributed by atoms with Gasteiger partial charge in [-0.1, -0.05) is 42.5 Å². The molecule has 0 aliphatic heterocycles. The number of hydrogen-bond donors (Lipinski definition) is 2. The summed E-state index contributed by atoms with van der Waals surface area (Å²) in [5.41, 5.74) is 2.38. The molecule has 2 amide bonds. The summed E-state index contributed by atoms with van der Waals surface area (Å²) in [6.07, 6.45) is 0.729. The largest absolute Gasteiger partial charge is 0.493 e. The molecule has 0 atom stereocenters. The van der Waals surface area contributed by atoms with Gasteiger partial charge in [0.25, 0.3) is 11.8 Å². The minimum atomic E-state index is -0.347. The van der Waals surface area contributed by atoms with Gasteiger partial charge >= 0.3 is 0 Å². The van der Waals surface area contributed by atoms with Crippen molar-refractivity contribution in [3.63, 3.8) is 0 Å². The molecule has 0 aliphatic carbocycles. The Morgan fingerprint density at radius 1 is 0.800 bits per heavy atom.